The van der Waals surface area contributed by atoms with Gasteiger partial charge in [-0.2, -0.15) is 0 Å². The fourth-order valence-electron chi connectivity index (χ4n) is 2.03. The Morgan fingerprint density at radius 2 is 1.67 bits per heavy atom. The summed E-state index contributed by atoms with van der Waals surface area (Å²) in [7, 11) is 3.10. The Morgan fingerprint density at radius 3 is 2.33 bits per heavy atom. The van der Waals surface area contributed by atoms with Crippen LogP contribution in [0.25, 0.3) is 0 Å². The predicted octanol–water partition coefficient (Wildman–Crippen LogP) is 2.18. The Bertz CT molecular complexity index is 700. The topological polar surface area (TPSA) is 73.9 Å². The maximum atomic E-state index is 11.8. The van der Waals surface area contributed by atoms with Gasteiger partial charge in [0, 0.05) is 6.54 Å². The molecule has 0 aliphatic heterocycles. The zero-order valence-electron chi connectivity index (χ0n) is 13.6. The minimum atomic E-state index is -0.531. The lowest BCUT2D eigenvalue weighted by Gasteiger charge is -2.10. The SMILES string of the molecule is COc1ccc(CNC(=O)COC(=O)c2ccccc2)cc1OC. The van der Waals surface area contributed by atoms with Crippen LogP contribution in [0.2, 0.25) is 0 Å². The van der Waals surface area contributed by atoms with E-state index in [0.717, 1.165) is 5.56 Å². The van der Waals surface area contributed by atoms with Crippen molar-refractivity contribution in [3.05, 3.63) is 59.7 Å². The zero-order valence-corrected chi connectivity index (χ0v) is 13.6. The summed E-state index contributed by atoms with van der Waals surface area (Å²) >= 11 is 0. The first-order valence-corrected chi connectivity index (χ1v) is 7.34. The summed E-state index contributed by atoms with van der Waals surface area (Å²) in [6, 6.07) is 13.9. The van der Waals surface area contributed by atoms with Gasteiger partial charge in [0.2, 0.25) is 0 Å². The number of esters is 1. The van der Waals surface area contributed by atoms with E-state index in [-0.39, 0.29) is 12.5 Å². The number of ether oxygens (including phenoxy) is 3. The third-order valence-electron chi connectivity index (χ3n) is 3.28. The highest BCUT2D eigenvalue weighted by atomic mass is 16.5. The van der Waals surface area contributed by atoms with Crippen LogP contribution >= 0.6 is 0 Å². The molecule has 0 saturated heterocycles. The van der Waals surface area contributed by atoms with E-state index in [2.05, 4.69) is 5.32 Å². The lowest BCUT2D eigenvalue weighted by molar-refractivity contribution is -0.124. The molecule has 0 fully saturated rings. The first kappa shape index (κ1) is 17.3. The fraction of sp³-hybridized carbons (Fsp3) is 0.222. The van der Waals surface area contributed by atoms with Gasteiger partial charge in [-0.15, -0.1) is 0 Å². The normalized spacial score (nSPS) is 9.92. The number of benzene rings is 2. The second-order valence-corrected chi connectivity index (χ2v) is 4.91. The molecule has 1 amide bonds. The summed E-state index contributed by atoms with van der Waals surface area (Å²) in [5.41, 5.74) is 1.25. The molecule has 2 rings (SSSR count). The standard InChI is InChI=1S/C18H19NO5/c1-22-15-9-8-13(10-16(15)23-2)11-19-17(20)12-24-18(21)14-6-4-3-5-7-14/h3-10H,11-12H2,1-2H3,(H,19,20). The Balaban J connectivity index is 1.82. The Hall–Kier alpha value is -3.02. The molecular formula is C18H19NO5. The smallest absolute Gasteiger partial charge is 0.338 e. The molecule has 126 valence electrons. The van der Waals surface area contributed by atoms with Gasteiger partial charge in [0.15, 0.2) is 18.1 Å². The van der Waals surface area contributed by atoms with Crippen LogP contribution in [0.4, 0.5) is 0 Å². The fourth-order valence-corrected chi connectivity index (χ4v) is 2.03. The van der Waals surface area contributed by atoms with E-state index in [0.29, 0.717) is 23.6 Å². The maximum absolute atomic E-state index is 11.8. The average molecular weight is 329 g/mol. The van der Waals surface area contributed by atoms with Gasteiger partial charge in [-0.05, 0) is 29.8 Å². The van der Waals surface area contributed by atoms with Crippen molar-refractivity contribution in [1.29, 1.82) is 0 Å². The summed E-state index contributed by atoms with van der Waals surface area (Å²) in [5.74, 6) is 0.287. The van der Waals surface area contributed by atoms with Crippen molar-refractivity contribution in [3.63, 3.8) is 0 Å². The maximum Gasteiger partial charge on any atom is 0.338 e. The molecule has 0 aliphatic rings. The van der Waals surface area contributed by atoms with Crippen LogP contribution < -0.4 is 14.8 Å². The number of carbonyl (C=O) groups is 2. The molecule has 0 aromatic heterocycles. The van der Waals surface area contributed by atoms with Gasteiger partial charge in [0.25, 0.3) is 5.91 Å². The van der Waals surface area contributed by atoms with E-state index in [9.17, 15) is 9.59 Å². The number of amides is 1. The monoisotopic (exact) mass is 329 g/mol. The highest BCUT2D eigenvalue weighted by Gasteiger charge is 2.10. The van der Waals surface area contributed by atoms with Crippen molar-refractivity contribution in [1.82, 2.24) is 5.32 Å². The molecule has 0 saturated carbocycles. The first-order chi connectivity index (χ1) is 11.6. The molecule has 0 spiro atoms. The summed E-state index contributed by atoms with van der Waals surface area (Å²) in [4.78, 5) is 23.5. The van der Waals surface area contributed by atoms with E-state index in [1.807, 2.05) is 6.07 Å². The van der Waals surface area contributed by atoms with E-state index in [4.69, 9.17) is 14.2 Å². The number of nitrogens with one attached hydrogen (secondary N) is 1. The van der Waals surface area contributed by atoms with E-state index >= 15 is 0 Å². The van der Waals surface area contributed by atoms with Gasteiger partial charge in [0.1, 0.15) is 0 Å². The van der Waals surface area contributed by atoms with Gasteiger partial charge in [-0.3, -0.25) is 4.79 Å². The molecule has 0 radical (unpaired) electrons. The third-order valence-corrected chi connectivity index (χ3v) is 3.28. The van der Waals surface area contributed by atoms with Crippen LogP contribution in [0.1, 0.15) is 15.9 Å². The number of hydrogen-bond acceptors (Lipinski definition) is 5. The molecule has 0 bridgehead atoms. The van der Waals surface area contributed by atoms with Crippen LogP contribution in [0.3, 0.4) is 0 Å². The van der Waals surface area contributed by atoms with Gasteiger partial charge >= 0.3 is 5.97 Å². The van der Waals surface area contributed by atoms with Crippen molar-refractivity contribution in [2.24, 2.45) is 0 Å². The molecule has 24 heavy (non-hydrogen) atoms. The number of methoxy groups -OCH3 is 2. The van der Waals surface area contributed by atoms with Gasteiger partial charge in [0.05, 0.1) is 19.8 Å². The van der Waals surface area contributed by atoms with Crippen LogP contribution in [-0.2, 0) is 16.1 Å². The number of hydrogen-bond donors (Lipinski definition) is 1. The van der Waals surface area contributed by atoms with Crippen LogP contribution in [-0.4, -0.2) is 32.7 Å². The van der Waals surface area contributed by atoms with Crippen molar-refractivity contribution in [2.75, 3.05) is 20.8 Å². The molecular weight excluding hydrogens is 310 g/mol. The summed E-state index contributed by atoms with van der Waals surface area (Å²) in [6.07, 6.45) is 0. The van der Waals surface area contributed by atoms with Crippen molar-refractivity contribution >= 4 is 11.9 Å². The number of rotatable bonds is 7. The second kappa shape index (κ2) is 8.57. The minimum Gasteiger partial charge on any atom is -0.493 e. The highest BCUT2D eigenvalue weighted by Crippen LogP contribution is 2.27. The quantitative estimate of drug-likeness (QED) is 0.788. The van der Waals surface area contributed by atoms with Gasteiger partial charge in [-0.25, -0.2) is 4.79 Å². The van der Waals surface area contributed by atoms with Crippen LogP contribution in [0.15, 0.2) is 48.5 Å². The largest absolute Gasteiger partial charge is 0.493 e. The van der Waals surface area contributed by atoms with Crippen molar-refractivity contribution < 1.29 is 23.8 Å². The van der Waals surface area contributed by atoms with Crippen molar-refractivity contribution in [2.45, 2.75) is 6.54 Å². The molecule has 0 atom stereocenters. The molecule has 0 unspecified atom stereocenters. The van der Waals surface area contributed by atoms with Crippen molar-refractivity contribution in [3.8, 4) is 11.5 Å². The van der Waals surface area contributed by atoms with E-state index in [1.54, 1.807) is 56.7 Å². The minimum absolute atomic E-state index is 0.294. The summed E-state index contributed by atoms with van der Waals surface area (Å²) < 4.78 is 15.3. The van der Waals surface area contributed by atoms with Gasteiger partial charge in [-0.1, -0.05) is 24.3 Å². The van der Waals surface area contributed by atoms with E-state index in [1.165, 1.54) is 0 Å². The average Bonchev–Trinajstić information content (AvgIpc) is 2.64. The molecule has 6 nitrogen and oxygen atoms in total. The van der Waals surface area contributed by atoms with Crippen LogP contribution in [0, 0.1) is 0 Å². The number of carbonyl (C=O) groups excluding carboxylic acids is 2. The Kier molecular flexibility index (Phi) is 6.19. The summed E-state index contributed by atoms with van der Waals surface area (Å²) in [6.45, 7) is -0.0386. The van der Waals surface area contributed by atoms with E-state index < -0.39 is 5.97 Å². The Morgan fingerprint density at radius 1 is 0.958 bits per heavy atom. The molecule has 2 aromatic rings. The molecule has 0 heterocycles. The first-order valence-electron chi connectivity index (χ1n) is 7.34. The Labute approximate surface area is 140 Å². The molecule has 1 N–H and O–H groups in total. The summed E-state index contributed by atoms with van der Waals surface area (Å²) in [5, 5.41) is 2.68. The zero-order chi connectivity index (χ0) is 17.4. The van der Waals surface area contributed by atoms with Gasteiger partial charge < -0.3 is 19.5 Å². The third kappa shape index (κ3) is 4.74. The molecule has 0 aliphatic carbocycles. The second-order valence-electron chi connectivity index (χ2n) is 4.91. The lowest BCUT2D eigenvalue weighted by atomic mass is 10.2. The van der Waals surface area contributed by atoms with Crippen LogP contribution in [0.5, 0.6) is 11.5 Å². The molecule has 6 heteroatoms. The molecule has 2 aromatic carbocycles. The predicted molar refractivity (Wildman–Crippen MR) is 88.1 cm³/mol. The highest BCUT2D eigenvalue weighted by molar-refractivity contribution is 5.91. The lowest BCUT2D eigenvalue weighted by Crippen LogP contribution is -2.28.